The number of carbonyl (C=O) groups excluding carboxylic acids is 2. The third kappa shape index (κ3) is 3.44. The summed E-state index contributed by atoms with van der Waals surface area (Å²) in [5.74, 6) is -0.937. The van der Waals surface area contributed by atoms with Crippen molar-refractivity contribution < 1.29 is 14.3 Å². The van der Waals surface area contributed by atoms with Crippen molar-refractivity contribution in [1.82, 2.24) is 0 Å². The first kappa shape index (κ1) is 13.5. The lowest BCUT2D eigenvalue weighted by molar-refractivity contribution is -0.124. The number of hydrogen-bond acceptors (Lipinski definition) is 3. The van der Waals surface area contributed by atoms with Crippen molar-refractivity contribution in [2.24, 2.45) is 5.73 Å². The summed E-state index contributed by atoms with van der Waals surface area (Å²) in [7, 11) is 1.42. The van der Waals surface area contributed by atoms with Gasteiger partial charge in [0.15, 0.2) is 0 Å². The van der Waals surface area contributed by atoms with Gasteiger partial charge in [0.2, 0.25) is 5.91 Å². The Labute approximate surface area is 104 Å². The van der Waals surface area contributed by atoms with Crippen LogP contribution in [0, 0.1) is 0 Å². The molecule has 92 valence electrons. The molecule has 3 N–H and O–H groups in total. The van der Waals surface area contributed by atoms with Crippen LogP contribution in [0.2, 0.25) is 5.02 Å². The first-order valence-corrected chi connectivity index (χ1v) is 5.26. The molecule has 5 nitrogen and oxygen atoms in total. The van der Waals surface area contributed by atoms with Crippen LogP contribution in [-0.2, 0) is 9.53 Å². The van der Waals surface area contributed by atoms with Gasteiger partial charge < -0.3 is 15.8 Å². The molecule has 0 aliphatic heterocycles. The first-order chi connectivity index (χ1) is 7.95. The van der Waals surface area contributed by atoms with Gasteiger partial charge in [0, 0.05) is 12.7 Å². The van der Waals surface area contributed by atoms with Crippen LogP contribution in [0.4, 0.5) is 5.69 Å². The van der Waals surface area contributed by atoms with Crippen molar-refractivity contribution in [2.75, 3.05) is 12.4 Å². The number of halogens is 1. The second kappa shape index (κ2) is 5.65. The molecule has 0 spiro atoms. The number of primary amides is 1. The number of methoxy groups -OCH3 is 1. The molecule has 0 saturated carbocycles. The van der Waals surface area contributed by atoms with Crippen molar-refractivity contribution in [3.8, 4) is 0 Å². The molecule has 0 bridgehead atoms. The summed E-state index contributed by atoms with van der Waals surface area (Å²) in [5.41, 5.74) is 5.73. The molecule has 0 saturated heterocycles. The van der Waals surface area contributed by atoms with Crippen LogP contribution >= 0.6 is 11.6 Å². The highest BCUT2D eigenvalue weighted by atomic mass is 35.5. The highest BCUT2D eigenvalue weighted by molar-refractivity contribution is 6.34. The molecule has 17 heavy (non-hydrogen) atoms. The third-order valence-electron chi connectivity index (χ3n) is 2.23. The predicted octanol–water partition coefficient (Wildman–Crippen LogP) is 1.41. The quantitative estimate of drug-likeness (QED) is 0.855. The fraction of sp³-hybridized carbons (Fsp3) is 0.273. The molecule has 1 aromatic carbocycles. The van der Waals surface area contributed by atoms with E-state index in [1.807, 2.05) is 0 Å². The van der Waals surface area contributed by atoms with Gasteiger partial charge in [-0.2, -0.15) is 0 Å². The van der Waals surface area contributed by atoms with Crippen molar-refractivity contribution in [3.63, 3.8) is 0 Å². The highest BCUT2D eigenvalue weighted by Gasteiger charge is 2.14. The largest absolute Gasteiger partial charge is 0.372 e. The smallest absolute Gasteiger partial charge is 0.253 e. The van der Waals surface area contributed by atoms with E-state index in [4.69, 9.17) is 22.1 Å². The number of anilines is 1. The van der Waals surface area contributed by atoms with E-state index in [9.17, 15) is 9.59 Å². The molecule has 0 aliphatic carbocycles. The van der Waals surface area contributed by atoms with E-state index in [2.05, 4.69) is 5.32 Å². The summed E-state index contributed by atoms with van der Waals surface area (Å²) >= 11 is 5.89. The summed E-state index contributed by atoms with van der Waals surface area (Å²) in [6, 6.07) is 4.40. The van der Waals surface area contributed by atoms with Crippen LogP contribution in [0.25, 0.3) is 0 Å². The molecular weight excluding hydrogens is 244 g/mol. The van der Waals surface area contributed by atoms with E-state index in [1.54, 1.807) is 6.92 Å². The Morgan fingerprint density at radius 2 is 2.12 bits per heavy atom. The van der Waals surface area contributed by atoms with Crippen LogP contribution in [0.5, 0.6) is 0 Å². The van der Waals surface area contributed by atoms with Crippen LogP contribution in [-0.4, -0.2) is 25.0 Å². The van der Waals surface area contributed by atoms with Gasteiger partial charge in [0.25, 0.3) is 5.91 Å². The number of hydrogen-bond donors (Lipinski definition) is 2. The third-order valence-corrected chi connectivity index (χ3v) is 2.56. The zero-order chi connectivity index (χ0) is 13.0. The average Bonchev–Trinajstić information content (AvgIpc) is 2.30. The fourth-order valence-electron chi connectivity index (χ4n) is 1.12. The molecule has 0 fully saturated rings. The van der Waals surface area contributed by atoms with Crippen molar-refractivity contribution >= 4 is 29.1 Å². The molecule has 1 atom stereocenters. The van der Waals surface area contributed by atoms with Gasteiger partial charge >= 0.3 is 0 Å². The maximum absolute atomic E-state index is 11.6. The van der Waals surface area contributed by atoms with Gasteiger partial charge in [0.05, 0.1) is 10.7 Å². The number of rotatable bonds is 4. The lowest BCUT2D eigenvalue weighted by Gasteiger charge is -2.12. The molecule has 0 aliphatic rings. The molecule has 6 heteroatoms. The number of amides is 2. The molecule has 1 aromatic rings. The molecule has 0 heterocycles. The van der Waals surface area contributed by atoms with E-state index in [1.165, 1.54) is 25.3 Å². The second-order valence-corrected chi connectivity index (χ2v) is 3.83. The van der Waals surface area contributed by atoms with Crippen molar-refractivity contribution in [3.05, 3.63) is 28.8 Å². The van der Waals surface area contributed by atoms with Crippen LogP contribution in [0.15, 0.2) is 18.2 Å². The Morgan fingerprint density at radius 3 is 2.65 bits per heavy atom. The topological polar surface area (TPSA) is 81.4 Å². The average molecular weight is 257 g/mol. The number of carbonyl (C=O) groups is 2. The molecular formula is C11H13ClN2O3. The molecule has 0 radical (unpaired) electrons. The van der Waals surface area contributed by atoms with Gasteiger partial charge in [-0.05, 0) is 25.1 Å². The van der Waals surface area contributed by atoms with Gasteiger partial charge in [-0.25, -0.2) is 0 Å². The summed E-state index contributed by atoms with van der Waals surface area (Å²) in [4.78, 5) is 22.5. The Hall–Kier alpha value is -1.59. The van der Waals surface area contributed by atoms with Crippen LogP contribution in [0.1, 0.15) is 17.3 Å². The fourth-order valence-corrected chi connectivity index (χ4v) is 1.28. The molecule has 1 rings (SSSR count). The van der Waals surface area contributed by atoms with Crippen LogP contribution < -0.4 is 11.1 Å². The summed E-state index contributed by atoms with van der Waals surface area (Å²) in [6.07, 6.45) is -0.608. The van der Waals surface area contributed by atoms with E-state index >= 15 is 0 Å². The van der Waals surface area contributed by atoms with Crippen LogP contribution in [0.3, 0.4) is 0 Å². The Balaban J connectivity index is 2.94. The van der Waals surface area contributed by atoms with E-state index in [0.29, 0.717) is 10.7 Å². The maximum atomic E-state index is 11.6. The number of nitrogens with one attached hydrogen (secondary N) is 1. The minimum Gasteiger partial charge on any atom is -0.372 e. The Morgan fingerprint density at radius 1 is 1.47 bits per heavy atom. The predicted molar refractivity (Wildman–Crippen MR) is 65.1 cm³/mol. The summed E-state index contributed by atoms with van der Waals surface area (Å²) in [5, 5.41) is 2.88. The molecule has 2 amide bonds. The van der Waals surface area contributed by atoms with Gasteiger partial charge in [0.1, 0.15) is 6.10 Å². The summed E-state index contributed by atoms with van der Waals surface area (Å²) in [6.45, 7) is 1.60. The second-order valence-electron chi connectivity index (χ2n) is 3.43. The summed E-state index contributed by atoms with van der Waals surface area (Å²) < 4.78 is 4.85. The number of nitrogens with two attached hydrogens (primary N) is 1. The van der Waals surface area contributed by atoms with Crippen molar-refractivity contribution in [2.45, 2.75) is 13.0 Å². The van der Waals surface area contributed by atoms with E-state index < -0.39 is 12.0 Å². The monoisotopic (exact) mass is 256 g/mol. The zero-order valence-electron chi connectivity index (χ0n) is 9.49. The number of ether oxygens (including phenoxy) is 1. The maximum Gasteiger partial charge on any atom is 0.253 e. The molecule has 0 aromatic heterocycles. The molecule has 1 unspecified atom stereocenters. The van der Waals surface area contributed by atoms with E-state index in [0.717, 1.165) is 0 Å². The zero-order valence-corrected chi connectivity index (χ0v) is 10.2. The van der Waals surface area contributed by atoms with Gasteiger partial charge in [-0.1, -0.05) is 11.6 Å². The Kier molecular flexibility index (Phi) is 4.48. The SMILES string of the molecule is COC(C)C(=O)Nc1cc(C(N)=O)ccc1Cl. The minimum absolute atomic E-state index is 0.273. The normalized spacial score (nSPS) is 11.9. The standard InChI is InChI=1S/C11H13ClN2O3/c1-6(17-2)11(16)14-9-5-7(10(13)15)3-4-8(9)12/h3-6H,1-2H3,(H2,13,15)(H,14,16). The van der Waals surface area contributed by atoms with E-state index in [-0.39, 0.29) is 11.5 Å². The highest BCUT2D eigenvalue weighted by Crippen LogP contribution is 2.23. The number of benzene rings is 1. The lowest BCUT2D eigenvalue weighted by Crippen LogP contribution is -2.26. The van der Waals surface area contributed by atoms with Gasteiger partial charge in [-0.3, -0.25) is 9.59 Å². The van der Waals surface area contributed by atoms with Crippen molar-refractivity contribution in [1.29, 1.82) is 0 Å². The Bertz CT molecular complexity index is 448. The minimum atomic E-state index is -0.608. The van der Waals surface area contributed by atoms with Gasteiger partial charge in [-0.15, -0.1) is 0 Å². The first-order valence-electron chi connectivity index (χ1n) is 4.88. The lowest BCUT2D eigenvalue weighted by atomic mass is 10.2.